The van der Waals surface area contributed by atoms with E-state index in [0.29, 0.717) is 0 Å². The van der Waals surface area contributed by atoms with Crippen LogP contribution >= 0.6 is 11.8 Å². The number of carbonyl (C=O) groups is 1. The lowest BCUT2D eigenvalue weighted by atomic mass is 10.1. The largest absolute Gasteiger partial charge is 0.496 e. The molecule has 1 saturated heterocycles. The zero-order chi connectivity index (χ0) is 13.1. The van der Waals surface area contributed by atoms with Gasteiger partial charge in [-0.25, -0.2) is 0 Å². The van der Waals surface area contributed by atoms with Gasteiger partial charge in [-0.1, -0.05) is 18.2 Å². The van der Waals surface area contributed by atoms with E-state index in [1.807, 2.05) is 31.2 Å². The van der Waals surface area contributed by atoms with Crippen LogP contribution in [0.1, 0.15) is 31.1 Å². The Balaban J connectivity index is 2.07. The van der Waals surface area contributed by atoms with Crippen molar-refractivity contribution < 1.29 is 14.3 Å². The first-order valence-corrected chi connectivity index (χ1v) is 7.05. The molecule has 3 atom stereocenters. The smallest absolute Gasteiger partial charge is 0.319 e. The third kappa shape index (κ3) is 2.80. The van der Waals surface area contributed by atoms with Crippen LogP contribution in [-0.4, -0.2) is 24.4 Å². The molecule has 0 bridgehead atoms. The number of cyclic esters (lactones) is 1. The van der Waals surface area contributed by atoms with E-state index in [-0.39, 0.29) is 22.6 Å². The van der Waals surface area contributed by atoms with Gasteiger partial charge in [0.15, 0.2) is 0 Å². The number of rotatable bonds is 4. The Kier molecular flexibility index (Phi) is 4.17. The summed E-state index contributed by atoms with van der Waals surface area (Å²) in [6.45, 7) is 4.03. The average Bonchev–Trinajstić information content (AvgIpc) is 2.67. The second kappa shape index (κ2) is 5.65. The Labute approximate surface area is 112 Å². The summed E-state index contributed by atoms with van der Waals surface area (Å²) in [7, 11) is 1.67. The zero-order valence-corrected chi connectivity index (χ0v) is 11.7. The minimum atomic E-state index is -0.0887. The molecule has 1 heterocycles. The number of hydrogen-bond donors (Lipinski definition) is 0. The second-order valence-electron chi connectivity index (χ2n) is 4.49. The molecule has 18 heavy (non-hydrogen) atoms. The van der Waals surface area contributed by atoms with Crippen molar-refractivity contribution in [1.82, 2.24) is 0 Å². The first kappa shape index (κ1) is 13.3. The molecule has 0 saturated carbocycles. The van der Waals surface area contributed by atoms with Crippen LogP contribution < -0.4 is 4.74 Å². The van der Waals surface area contributed by atoms with Gasteiger partial charge in [-0.05, 0) is 19.9 Å². The van der Waals surface area contributed by atoms with E-state index < -0.39 is 0 Å². The molecular weight excluding hydrogens is 248 g/mol. The quantitative estimate of drug-likeness (QED) is 0.784. The van der Waals surface area contributed by atoms with Crippen molar-refractivity contribution in [1.29, 1.82) is 0 Å². The number of methoxy groups -OCH3 is 1. The van der Waals surface area contributed by atoms with E-state index in [1.165, 1.54) is 0 Å². The maximum atomic E-state index is 11.6. The van der Waals surface area contributed by atoms with Gasteiger partial charge in [0.25, 0.3) is 0 Å². The maximum absolute atomic E-state index is 11.6. The van der Waals surface area contributed by atoms with E-state index >= 15 is 0 Å². The SMILES string of the molecule is COc1ccccc1[C@H](C)S[C@@H]1C[C@H](C)OC1=O. The topological polar surface area (TPSA) is 35.5 Å². The van der Waals surface area contributed by atoms with E-state index in [1.54, 1.807) is 18.9 Å². The first-order valence-electron chi connectivity index (χ1n) is 6.10. The zero-order valence-electron chi connectivity index (χ0n) is 10.9. The van der Waals surface area contributed by atoms with E-state index in [4.69, 9.17) is 9.47 Å². The van der Waals surface area contributed by atoms with Crippen molar-refractivity contribution in [2.75, 3.05) is 7.11 Å². The van der Waals surface area contributed by atoms with Crippen molar-refractivity contribution in [3.63, 3.8) is 0 Å². The third-order valence-corrected chi connectivity index (χ3v) is 4.45. The molecule has 1 aliphatic heterocycles. The first-order chi connectivity index (χ1) is 8.61. The molecule has 0 spiro atoms. The number of esters is 1. The Morgan fingerprint density at radius 2 is 2.17 bits per heavy atom. The number of thioether (sulfide) groups is 1. The highest BCUT2D eigenvalue weighted by molar-refractivity contribution is 8.00. The highest BCUT2D eigenvalue weighted by Crippen LogP contribution is 2.40. The van der Waals surface area contributed by atoms with Gasteiger partial charge in [0.05, 0.1) is 7.11 Å². The van der Waals surface area contributed by atoms with Crippen molar-refractivity contribution in [3.8, 4) is 5.75 Å². The summed E-state index contributed by atoms with van der Waals surface area (Å²) < 4.78 is 10.5. The number of para-hydroxylation sites is 1. The predicted molar refractivity (Wildman–Crippen MR) is 73.0 cm³/mol. The van der Waals surface area contributed by atoms with Crippen LogP contribution in [0.3, 0.4) is 0 Å². The summed E-state index contributed by atoms with van der Waals surface area (Å²) in [5.41, 5.74) is 1.12. The third-order valence-electron chi connectivity index (χ3n) is 3.07. The molecule has 2 rings (SSSR count). The van der Waals surface area contributed by atoms with Gasteiger partial charge < -0.3 is 9.47 Å². The summed E-state index contributed by atoms with van der Waals surface area (Å²) in [6, 6.07) is 7.93. The number of ether oxygens (including phenoxy) is 2. The lowest BCUT2D eigenvalue weighted by Gasteiger charge is -2.17. The van der Waals surface area contributed by atoms with Crippen LogP contribution in [-0.2, 0) is 9.53 Å². The second-order valence-corrected chi connectivity index (χ2v) is 6.04. The Bertz CT molecular complexity index is 433. The molecule has 0 unspecified atom stereocenters. The summed E-state index contributed by atoms with van der Waals surface area (Å²) in [5.74, 6) is 0.783. The predicted octanol–water partition coefficient (Wildman–Crippen LogP) is 3.19. The Hall–Kier alpha value is -1.16. The molecule has 0 aliphatic carbocycles. The van der Waals surface area contributed by atoms with Gasteiger partial charge in [0.2, 0.25) is 0 Å². The van der Waals surface area contributed by atoms with Gasteiger partial charge in [-0.15, -0.1) is 11.8 Å². The molecule has 1 fully saturated rings. The minimum absolute atomic E-state index is 0.0415. The lowest BCUT2D eigenvalue weighted by Crippen LogP contribution is -2.11. The number of benzene rings is 1. The maximum Gasteiger partial charge on any atom is 0.319 e. The van der Waals surface area contributed by atoms with Crippen LogP contribution in [0, 0.1) is 0 Å². The molecule has 4 heteroatoms. The molecule has 98 valence electrons. The van der Waals surface area contributed by atoms with E-state index in [0.717, 1.165) is 17.7 Å². The molecule has 0 aromatic heterocycles. The highest BCUT2D eigenvalue weighted by atomic mass is 32.2. The van der Waals surface area contributed by atoms with Gasteiger partial charge in [-0.2, -0.15) is 0 Å². The van der Waals surface area contributed by atoms with Gasteiger partial charge >= 0.3 is 5.97 Å². The Morgan fingerprint density at radius 3 is 2.78 bits per heavy atom. The van der Waals surface area contributed by atoms with E-state index in [2.05, 4.69) is 6.92 Å². The molecule has 3 nitrogen and oxygen atoms in total. The van der Waals surface area contributed by atoms with Crippen LogP contribution in [0.2, 0.25) is 0 Å². The number of hydrogen-bond acceptors (Lipinski definition) is 4. The van der Waals surface area contributed by atoms with E-state index in [9.17, 15) is 4.79 Å². The van der Waals surface area contributed by atoms with Gasteiger partial charge in [-0.3, -0.25) is 4.79 Å². The van der Waals surface area contributed by atoms with Crippen molar-refractivity contribution >= 4 is 17.7 Å². The summed E-state index contributed by atoms with van der Waals surface area (Å²) in [5, 5.41) is 0.156. The fourth-order valence-corrected chi connectivity index (χ4v) is 3.54. The molecule has 0 N–H and O–H groups in total. The summed E-state index contributed by atoms with van der Waals surface area (Å²) >= 11 is 1.65. The average molecular weight is 266 g/mol. The summed E-state index contributed by atoms with van der Waals surface area (Å²) in [4.78, 5) is 11.6. The van der Waals surface area contributed by atoms with Crippen LogP contribution in [0.4, 0.5) is 0 Å². The van der Waals surface area contributed by atoms with Crippen molar-refractivity contribution in [2.24, 2.45) is 0 Å². The molecular formula is C14H18O3S. The summed E-state index contributed by atoms with van der Waals surface area (Å²) in [6.07, 6.45) is 0.836. The normalized spacial score (nSPS) is 24.7. The fourth-order valence-electron chi connectivity index (χ4n) is 2.15. The standard InChI is InChI=1S/C14H18O3S/c1-9-8-13(14(15)17-9)18-10(2)11-6-4-5-7-12(11)16-3/h4-7,9-10,13H,8H2,1-3H3/t9-,10-,13+/m0/s1. The molecule has 0 radical (unpaired) electrons. The lowest BCUT2D eigenvalue weighted by molar-refractivity contribution is -0.140. The van der Waals surface area contributed by atoms with Crippen molar-refractivity contribution in [2.45, 2.75) is 36.9 Å². The molecule has 1 aromatic rings. The molecule has 1 aromatic carbocycles. The minimum Gasteiger partial charge on any atom is -0.496 e. The van der Waals surface area contributed by atoms with Crippen LogP contribution in [0.25, 0.3) is 0 Å². The van der Waals surface area contributed by atoms with Crippen LogP contribution in [0.5, 0.6) is 5.75 Å². The van der Waals surface area contributed by atoms with Gasteiger partial charge in [0, 0.05) is 17.2 Å². The molecule has 0 amide bonds. The van der Waals surface area contributed by atoms with Crippen LogP contribution in [0.15, 0.2) is 24.3 Å². The monoisotopic (exact) mass is 266 g/mol. The fraction of sp³-hybridized carbons (Fsp3) is 0.500. The van der Waals surface area contributed by atoms with Gasteiger partial charge in [0.1, 0.15) is 17.1 Å². The highest BCUT2D eigenvalue weighted by Gasteiger charge is 2.34. The Morgan fingerprint density at radius 1 is 1.44 bits per heavy atom. The molecule has 1 aliphatic rings. The number of carbonyl (C=O) groups excluding carboxylic acids is 1. The van der Waals surface area contributed by atoms with Crippen molar-refractivity contribution in [3.05, 3.63) is 29.8 Å².